The van der Waals surface area contributed by atoms with Gasteiger partial charge in [0.05, 0.1) is 6.61 Å². The van der Waals surface area contributed by atoms with E-state index in [1.54, 1.807) is 6.92 Å². The molecule has 116 valence electrons. The summed E-state index contributed by atoms with van der Waals surface area (Å²) in [5.74, 6) is 0. The monoisotopic (exact) mass is 297 g/mol. The van der Waals surface area contributed by atoms with Gasteiger partial charge in [-0.2, -0.15) is 0 Å². The Bertz CT molecular complexity index is 541. The molecule has 22 heavy (non-hydrogen) atoms. The highest BCUT2D eigenvalue weighted by Gasteiger charge is 2.32. The number of nitrogens with one attached hydrogen (secondary N) is 1. The van der Waals surface area contributed by atoms with Crippen LogP contribution in [0.2, 0.25) is 0 Å². The normalized spacial score (nSPS) is 11.0. The summed E-state index contributed by atoms with van der Waals surface area (Å²) in [5.41, 5.74) is 2.14. The first-order valence-corrected chi connectivity index (χ1v) is 7.74. The molecule has 1 N–H and O–H groups in total. The van der Waals surface area contributed by atoms with Crippen LogP contribution >= 0.6 is 0 Å². The van der Waals surface area contributed by atoms with Crippen LogP contribution in [-0.2, 0) is 10.2 Å². The van der Waals surface area contributed by atoms with Crippen molar-refractivity contribution in [2.24, 2.45) is 0 Å². The number of ether oxygens (including phenoxy) is 1. The van der Waals surface area contributed by atoms with Gasteiger partial charge in [0.25, 0.3) is 0 Å². The molecule has 2 rings (SSSR count). The van der Waals surface area contributed by atoms with Crippen LogP contribution in [0.25, 0.3) is 0 Å². The summed E-state index contributed by atoms with van der Waals surface area (Å²) in [6, 6.07) is 20.6. The van der Waals surface area contributed by atoms with Gasteiger partial charge in [0, 0.05) is 12.0 Å². The third-order valence-corrected chi connectivity index (χ3v) is 4.07. The lowest BCUT2D eigenvalue weighted by Gasteiger charge is -2.34. The van der Waals surface area contributed by atoms with Crippen LogP contribution in [0.4, 0.5) is 4.79 Å². The maximum Gasteiger partial charge on any atom is 0.407 e. The van der Waals surface area contributed by atoms with Gasteiger partial charge in [-0.05, 0) is 24.5 Å². The lowest BCUT2D eigenvalue weighted by atomic mass is 9.72. The van der Waals surface area contributed by atoms with Crippen molar-refractivity contribution in [2.75, 3.05) is 13.2 Å². The van der Waals surface area contributed by atoms with Crippen LogP contribution in [0.15, 0.2) is 60.7 Å². The zero-order valence-electron chi connectivity index (χ0n) is 13.2. The standard InChI is InChI=1S/C19H23NO2/c1-3-19(15-20-18(21)22-4-2,16-11-7-5-8-12-16)17-13-9-6-10-14-17/h5-14H,3-4,15H2,1-2H3,(H,20,21). The van der Waals surface area contributed by atoms with Gasteiger partial charge in [-0.25, -0.2) is 4.79 Å². The van der Waals surface area contributed by atoms with E-state index in [0.29, 0.717) is 13.2 Å². The van der Waals surface area contributed by atoms with Crippen LogP contribution in [-0.4, -0.2) is 19.2 Å². The molecule has 0 saturated heterocycles. The summed E-state index contributed by atoms with van der Waals surface area (Å²) < 4.78 is 5.00. The molecule has 0 heterocycles. The molecule has 0 aromatic heterocycles. The maximum atomic E-state index is 11.7. The molecule has 0 fully saturated rings. The van der Waals surface area contributed by atoms with Crippen LogP contribution in [0.5, 0.6) is 0 Å². The van der Waals surface area contributed by atoms with Crippen molar-refractivity contribution in [1.82, 2.24) is 5.32 Å². The van der Waals surface area contributed by atoms with Crippen molar-refractivity contribution in [1.29, 1.82) is 0 Å². The first-order chi connectivity index (χ1) is 10.7. The smallest absolute Gasteiger partial charge is 0.407 e. The van der Waals surface area contributed by atoms with Crippen molar-refractivity contribution < 1.29 is 9.53 Å². The average molecular weight is 297 g/mol. The number of rotatable bonds is 6. The minimum Gasteiger partial charge on any atom is -0.450 e. The molecule has 0 aliphatic carbocycles. The molecule has 3 heteroatoms. The number of carbonyl (C=O) groups excluding carboxylic acids is 1. The van der Waals surface area contributed by atoms with Gasteiger partial charge < -0.3 is 10.1 Å². The highest BCUT2D eigenvalue weighted by Crippen LogP contribution is 2.35. The van der Waals surface area contributed by atoms with Gasteiger partial charge in [0.2, 0.25) is 0 Å². The fourth-order valence-electron chi connectivity index (χ4n) is 2.82. The molecule has 0 aliphatic heterocycles. The van der Waals surface area contributed by atoms with E-state index in [-0.39, 0.29) is 11.5 Å². The zero-order valence-corrected chi connectivity index (χ0v) is 13.2. The Morgan fingerprint density at radius 1 is 0.955 bits per heavy atom. The van der Waals surface area contributed by atoms with Crippen molar-refractivity contribution in [2.45, 2.75) is 25.7 Å². The van der Waals surface area contributed by atoms with E-state index in [2.05, 4.69) is 36.5 Å². The molecule has 0 bridgehead atoms. The molecular formula is C19H23NO2. The predicted octanol–water partition coefficient (Wildman–Crippen LogP) is 4.13. The van der Waals surface area contributed by atoms with E-state index in [9.17, 15) is 4.79 Å². The zero-order chi connectivity index (χ0) is 15.8. The SMILES string of the molecule is CCOC(=O)NCC(CC)(c1ccccc1)c1ccccc1. The van der Waals surface area contributed by atoms with E-state index < -0.39 is 0 Å². The Morgan fingerprint density at radius 2 is 1.45 bits per heavy atom. The topological polar surface area (TPSA) is 38.3 Å². The van der Waals surface area contributed by atoms with E-state index in [1.807, 2.05) is 36.4 Å². The number of carbonyl (C=O) groups is 1. The van der Waals surface area contributed by atoms with Gasteiger partial charge in [0.15, 0.2) is 0 Å². The van der Waals surface area contributed by atoms with E-state index in [0.717, 1.165) is 6.42 Å². The third kappa shape index (κ3) is 3.48. The molecule has 0 atom stereocenters. The number of amides is 1. The minimum absolute atomic E-state index is 0.255. The summed E-state index contributed by atoms with van der Waals surface area (Å²) in [6.07, 6.45) is 0.514. The molecule has 0 radical (unpaired) electrons. The molecule has 0 aliphatic rings. The van der Waals surface area contributed by atoms with E-state index in [1.165, 1.54) is 11.1 Å². The Morgan fingerprint density at radius 3 is 1.86 bits per heavy atom. The van der Waals surface area contributed by atoms with Gasteiger partial charge in [-0.1, -0.05) is 67.6 Å². The molecule has 2 aromatic carbocycles. The Labute approximate surface area is 132 Å². The van der Waals surface area contributed by atoms with Crippen LogP contribution in [0.1, 0.15) is 31.4 Å². The predicted molar refractivity (Wildman–Crippen MR) is 89.0 cm³/mol. The molecule has 0 unspecified atom stereocenters. The van der Waals surface area contributed by atoms with Gasteiger partial charge in [-0.3, -0.25) is 0 Å². The minimum atomic E-state index is -0.368. The second-order valence-electron chi connectivity index (χ2n) is 5.24. The van der Waals surface area contributed by atoms with Crippen LogP contribution < -0.4 is 5.32 Å². The number of benzene rings is 2. The summed E-state index contributed by atoms with van der Waals surface area (Å²) in [4.78, 5) is 11.7. The molecule has 2 aromatic rings. The summed E-state index contributed by atoms with van der Waals surface area (Å²) in [6.45, 7) is 4.84. The highest BCUT2D eigenvalue weighted by atomic mass is 16.5. The van der Waals surface area contributed by atoms with Gasteiger partial charge >= 0.3 is 6.09 Å². The molecule has 0 spiro atoms. The Hall–Kier alpha value is -2.29. The summed E-state index contributed by atoms with van der Waals surface area (Å²) >= 11 is 0. The summed E-state index contributed by atoms with van der Waals surface area (Å²) in [7, 11) is 0. The molecule has 0 saturated carbocycles. The lowest BCUT2D eigenvalue weighted by molar-refractivity contribution is 0.150. The second kappa shape index (κ2) is 7.64. The quantitative estimate of drug-likeness (QED) is 0.870. The first-order valence-electron chi connectivity index (χ1n) is 7.74. The summed E-state index contributed by atoms with van der Waals surface area (Å²) in [5, 5.41) is 2.91. The number of alkyl carbamates (subject to hydrolysis) is 1. The number of hydrogen-bond acceptors (Lipinski definition) is 2. The second-order valence-corrected chi connectivity index (χ2v) is 5.24. The Balaban J connectivity index is 2.37. The first kappa shape index (κ1) is 16.1. The molecule has 3 nitrogen and oxygen atoms in total. The van der Waals surface area contributed by atoms with Crippen molar-refractivity contribution in [3.8, 4) is 0 Å². The van der Waals surface area contributed by atoms with Crippen LogP contribution in [0.3, 0.4) is 0 Å². The highest BCUT2D eigenvalue weighted by molar-refractivity contribution is 5.67. The molecular weight excluding hydrogens is 274 g/mol. The number of hydrogen-bond donors (Lipinski definition) is 1. The van der Waals surface area contributed by atoms with Gasteiger partial charge in [-0.15, -0.1) is 0 Å². The lowest BCUT2D eigenvalue weighted by Crippen LogP contribution is -2.41. The van der Waals surface area contributed by atoms with Crippen molar-refractivity contribution in [3.05, 3.63) is 71.8 Å². The third-order valence-electron chi connectivity index (χ3n) is 4.07. The fraction of sp³-hybridized carbons (Fsp3) is 0.316. The Kier molecular flexibility index (Phi) is 5.59. The average Bonchev–Trinajstić information content (AvgIpc) is 2.58. The van der Waals surface area contributed by atoms with Crippen LogP contribution in [0, 0.1) is 0 Å². The van der Waals surface area contributed by atoms with Gasteiger partial charge in [0.1, 0.15) is 0 Å². The molecule has 1 amide bonds. The largest absolute Gasteiger partial charge is 0.450 e. The van der Waals surface area contributed by atoms with Crippen molar-refractivity contribution in [3.63, 3.8) is 0 Å². The van der Waals surface area contributed by atoms with E-state index >= 15 is 0 Å². The van der Waals surface area contributed by atoms with E-state index in [4.69, 9.17) is 4.74 Å². The maximum absolute atomic E-state index is 11.7. The van der Waals surface area contributed by atoms with Crippen molar-refractivity contribution >= 4 is 6.09 Å². The fourth-order valence-corrected chi connectivity index (χ4v) is 2.82.